The summed E-state index contributed by atoms with van der Waals surface area (Å²) in [5.41, 5.74) is 12.1. The molecule has 86 valence electrons. The minimum Gasteiger partial charge on any atom is -0.504 e. The number of phenolic OH excluding ortho intramolecular Hbond substituents is 1. The van der Waals surface area contributed by atoms with Crippen molar-refractivity contribution < 1.29 is 9.84 Å². The van der Waals surface area contributed by atoms with Crippen LogP contribution < -0.4 is 16.2 Å². The summed E-state index contributed by atoms with van der Waals surface area (Å²) in [7, 11) is 1.51. The summed E-state index contributed by atoms with van der Waals surface area (Å²) in [5.74, 6) is 0.561. The van der Waals surface area contributed by atoms with Crippen LogP contribution in [0.1, 0.15) is 18.0 Å². The van der Waals surface area contributed by atoms with Crippen molar-refractivity contribution >= 4 is 12.4 Å². The van der Waals surface area contributed by atoms with Gasteiger partial charge in [-0.1, -0.05) is 6.07 Å². The third-order valence-electron chi connectivity index (χ3n) is 2.11. The van der Waals surface area contributed by atoms with E-state index in [4.69, 9.17) is 16.2 Å². The zero-order chi connectivity index (χ0) is 10.6. The summed E-state index contributed by atoms with van der Waals surface area (Å²) in [5, 5.41) is 9.50. The summed E-state index contributed by atoms with van der Waals surface area (Å²) in [6.07, 6.45) is 0.700. The van der Waals surface area contributed by atoms with Crippen LogP contribution in [-0.2, 0) is 0 Å². The molecule has 0 saturated carbocycles. The Morgan fingerprint density at radius 2 is 2.13 bits per heavy atom. The van der Waals surface area contributed by atoms with Gasteiger partial charge in [-0.2, -0.15) is 0 Å². The molecular formula is C10H17ClN2O2. The van der Waals surface area contributed by atoms with Crippen molar-refractivity contribution in [3.05, 3.63) is 23.8 Å². The van der Waals surface area contributed by atoms with Crippen LogP contribution in [-0.4, -0.2) is 18.8 Å². The van der Waals surface area contributed by atoms with Gasteiger partial charge in [0.15, 0.2) is 11.5 Å². The minimum absolute atomic E-state index is 0. The second-order valence-electron chi connectivity index (χ2n) is 3.12. The molecule has 0 aliphatic heterocycles. The van der Waals surface area contributed by atoms with Crippen LogP contribution in [0, 0.1) is 0 Å². The molecule has 0 spiro atoms. The molecule has 1 atom stereocenters. The second kappa shape index (κ2) is 6.50. The van der Waals surface area contributed by atoms with E-state index in [1.54, 1.807) is 12.1 Å². The Morgan fingerprint density at radius 1 is 1.47 bits per heavy atom. The highest BCUT2D eigenvalue weighted by Gasteiger charge is 2.08. The van der Waals surface area contributed by atoms with Crippen molar-refractivity contribution in [1.82, 2.24) is 0 Å². The van der Waals surface area contributed by atoms with Gasteiger partial charge in [0.05, 0.1) is 7.11 Å². The molecule has 0 aromatic heterocycles. The Morgan fingerprint density at radius 3 is 2.60 bits per heavy atom. The number of nitrogens with two attached hydrogens (primary N) is 2. The van der Waals surface area contributed by atoms with Crippen LogP contribution in [0.3, 0.4) is 0 Å². The van der Waals surface area contributed by atoms with E-state index in [-0.39, 0.29) is 24.2 Å². The monoisotopic (exact) mass is 232 g/mol. The van der Waals surface area contributed by atoms with Gasteiger partial charge in [0, 0.05) is 6.04 Å². The summed E-state index contributed by atoms with van der Waals surface area (Å²) in [6.45, 7) is 0.536. The third-order valence-corrected chi connectivity index (χ3v) is 2.11. The van der Waals surface area contributed by atoms with Gasteiger partial charge in [0.1, 0.15) is 0 Å². The van der Waals surface area contributed by atoms with E-state index in [2.05, 4.69) is 0 Å². The fraction of sp³-hybridized carbons (Fsp3) is 0.400. The topological polar surface area (TPSA) is 81.5 Å². The molecule has 15 heavy (non-hydrogen) atoms. The third kappa shape index (κ3) is 3.58. The van der Waals surface area contributed by atoms with Crippen molar-refractivity contribution in [2.75, 3.05) is 13.7 Å². The van der Waals surface area contributed by atoms with Crippen molar-refractivity contribution in [3.8, 4) is 11.5 Å². The lowest BCUT2D eigenvalue weighted by molar-refractivity contribution is 0.372. The van der Waals surface area contributed by atoms with Gasteiger partial charge >= 0.3 is 0 Å². The number of aromatic hydroxyl groups is 1. The number of phenols is 1. The number of hydrogen-bond donors (Lipinski definition) is 3. The molecule has 0 radical (unpaired) electrons. The molecule has 5 heteroatoms. The molecule has 0 amide bonds. The zero-order valence-corrected chi connectivity index (χ0v) is 9.46. The quantitative estimate of drug-likeness (QED) is 0.728. The van der Waals surface area contributed by atoms with Crippen LogP contribution in [0.5, 0.6) is 11.5 Å². The van der Waals surface area contributed by atoms with E-state index in [9.17, 15) is 5.11 Å². The number of hydrogen-bond acceptors (Lipinski definition) is 4. The Kier molecular flexibility index (Phi) is 6.08. The first kappa shape index (κ1) is 14.0. The number of halogens is 1. The number of benzene rings is 1. The van der Waals surface area contributed by atoms with Gasteiger partial charge in [0.25, 0.3) is 0 Å². The predicted molar refractivity (Wildman–Crippen MR) is 62.5 cm³/mol. The largest absolute Gasteiger partial charge is 0.504 e. The fourth-order valence-corrected chi connectivity index (χ4v) is 1.28. The molecule has 4 nitrogen and oxygen atoms in total. The first-order valence-electron chi connectivity index (χ1n) is 4.51. The molecule has 1 aromatic carbocycles. The van der Waals surface area contributed by atoms with Gasteiger partial charge < -0.3 is 21.3 Å². The smallest absolute Gasteiger partial charge is 0.160 e. The van der Waals surface area contributed by atoms with Gasteiger partial charge in [-0.15, -0.1) is 12.4 Å². The van der Waals surface area contributed by atoms with Crippen LogP contribution in [0.4, 0.5) is 0 Å². The second-order valence-corrected chi connectivity index (χ2v) is 3.12. The van der Waals surface area contributed by atoms with Gasteiger partial charge in [-0.05, 0) is 30.7 Å². The molecule has 0 heterocycles. The summed E-state index contributed by atoms with van der Waals surface area (Å²) >= 11 is 0. The average Bonchev–Trinajstić information content (AvgIpc) is 2.18. The summed E-state index contributed by atoms with van der Waals surface area (Å²) in [6, 6.07) is 5.01. The predicted octanol–water partition coefficient (Wildman–Crippen LogP) is 1.17. The molecule has 0 saturated heterocycles. The Bertz CT molecular complexity index is 307. The first-order chi connectivity index (χ1) is 6.69. The Hall–Kier alpha value is -0.970. The molecule has 5 N–H and O–H groups in total. The van der Waals surface area contributed by atoms with E-state index in [0.717, 1.165) is 5.56 Å². The van der Waals surface area contributed by atoms with Crippen LogP contribution >= 0.6 is 12.4 Å². The van der Waals surface area contributed by atoms with Gasteiger partial charge in [-0.3, -0.25) is 0 Å². The van der Waals surface area contributed by atoms with Crippen LogP contribution in [0.25, 0.3) is 0 Å². The Labute approximate surface area is 95.6 Å². The molecule has 0 unspecified atom stereocenters. The molecule has 1 aromatic rings. The maximum atomic E-state index is 9.50. The van der Waals surface area contributed by atoms with E-state index >= 15 is 0 Å². The number of ether oxygens (including phenoxy) is 1. The van der Waals surface area contributed by atoms with Crippen LogP contribution in [0.2, 0.25) is 0 Å². The lowest BCUT2D eigenvalue weighted by Gasteiger charge is -2.12. The molecule has 0 aliphatic rings. The Balaban J connectivity index is 0.00000196. The molecule has 0 aliphatic carbocycles. The molecule has 0 bridgehead atoms. The SMILES string of the molecule is COc1ccc([C@@H](N)CCN)cc1O.Cl. The highest BCUT2D eigenvalue weighted by molar-refractivity contribution is 5.85. The van der Waals surface area contributed by atoms with E-state index in [0.29, 0.717) is 18.7 Å². The summed E-state index contributed by atoms with van der Waals surface area (Å²) in [4.78, 5) is 0. The lowest BCUT2D eigenvalue weighted by atomic mass is 10.0. The van der Waals surface area contributed by atoms with E-state index < -0.39 is 0 Å². The minimum atomic E-state index is -0.128. The maximum absolute atomic E-state index is 9.50. The first-order valence-corrected chi connectivity index (χ1v) is 4.51. The summed E-state index contributed by atoms with van der Waals surface area (Å²) < 4.78 is 4.92. The molecule has 1 rings (SSSR count). The van der Waals surface area contributed by atoms with Crippen molar-refractivity contribution in [2.24, 2.45) is 11.5 Å². The number of methoxy groups -OCH3 is 1. The average molecular weight is 233 g/mol. The highest BCUT2D eigenvalue weighted by Crippen LogP contribution is 2.28. The highest BCUT2D eigenvalue weighted by atomic mass is 35.5. The van der Waals surface area contributed by atoms with Crippen molar-refractivity contribution in [2.45, 2.75) is 12.5 Å². The normalized spacial score (nSPS) is 11.7. The standard InChI is InChI=1S/C10H16N2O2.ClH/c1-14-10-3-2-7(6-9(10)13)8(12)4-5-11;/h2-3,6,8,13H,4-5,11-12H2,1H3;1H/t8-;/m0./s1. The molecular weight excluding hydrogens is 216 g/mol. The van der Waals surface area contributed by atoms with E-state index in [1.165, 1.54) is 7.11 Å². The van der Waals surface area contributed by atoms with Crippen LogP contribution in [0.15, 0.2) is 18.2 Å². The van der Waals surface area contributed by atoms with E-state index in [1.807, 2.05) is 6.07 Å². The lowest BCUT2D eigenvalue weighted by Crippen LogP contribution is -2.15. The van der Waals surface area contributed by atoms with Gasteiger partial charge in [0.2, 0.25) is 0 Å². The fourth-order valence-electron chi connectivity index (χ4n) is 1.28. The molecule has 0 fully saturated rings. The maximum Gasteiger partial charge on any atom is 0.160 e. The number of rotatable bonds is 4. The van der Waals surface area contributed by atoms with Crippen molar-refractivity contribution in [1.29, 1.82) is 0 Å². The zero-order valence-electron chi connectivity index (χ0n) is 8.64. The van der Waals surface area contributed by atoms with Crippen molar-refractivity contribution in [3.63, 3.8) is 0 Å². The van der Waals surface area contributed by atoms with Gasteiger partial charge in [-0.25, -0.2) is 0 Å².